The van der Waals surface area contributed by atoms with Gasteiger partial charge in [0.2, 0.25) is 0 Å². The van der Waals surface area contributed by atoms with Gasteiger partial charge >= 0.3 is 0 Å². The summed E-state index contributed by atoms with van der Waals surface area (Å²) in [5.74, 6) is -0.349. The predicted molar refractivity (Wildman–Crippen MR) is 72.8 cm³/mol. The molecule has 0 radical (unpaired) electrons. The molecule has 0 spiro atoms. The highest BCUT2D eigenvalue weighted by Gasteiger charge is 2.12. The Hall–Kier alpha value is -2.07. The fourth-order valence-corrected chi connectivity index (χ4v) is 1.69. The molecule has 3 N–H and O–H groups in total. The molecule has 0 saturated heterocycles. The molecule has 0 aliphatic heterocycles. The maximum atomic E-state index is 12.0. The van der Waals surface area contributed by atoms with E-state index in [1.807, 2.05) is 13.0 Å². The van der Waals surface area contributed by atoms with Gasteiger partial charge in [0.1, 0.15) is 0 Å². The molecule has 1 heterocycles. The predicted octanol–water partition coefficient (Wildman–Crippen LogP) is 2.88. The van der Waals surface area contributed by atoms with Crippen LogP contribution in [0.3, 0.4) is 0 Å². The Balaban J connectivity index is 2.27. The van der Waals surface area contributed by atoms with Crippen LogP contribution in [0.15, 0.2) is 36.5 Å². The van der Waals surface area contributed by atoms with Crippen LogP contribution in [0.25, 0.3) is 0 Å². The normalized spacial score (nSPS) is 10.1. The monoisotopic (exact) mass is 261 g/mol. The number of amides is 1. The van der Waals surface area contributed by atoms with E-state index in [9.17, 15) is 4.79 Å². The van der Waals surface area contributed by atoms with Gasteiger partial charge < -0.3 is 11.1 Å². The van der Waals surface area contributed by atoms with Crippen molar-refractivity contribution in [1.29, 1.82) is 0 Å². The van der Waals surface area contributed by atoms with Gasteiger partial charge in [-0.05, 0) is 36.8 Å². The number of hydrogen-bond donors (Lipinski definition) is 2. The average Bonchev–Trinajstić information content (AvgIpc) is 2.34. The average molecular weight is 262 g/mol. The molecular formula is C13H12ClN3O. The summed E-state index contributed by atoms with van der Waals surface area (Å²) in [4.78, 5) is 16.0. The quantitative estimate of drug-likeness (QED) is 0.873. The van der Waals surface area contributed by atoms with Gasteiger partial charge in [-0.15, -0.1) is 0 Å². The first-order valence-corrected chi connectivity index (χ1v) is 5.73. The number of carbonyl (C=O) groups excluding carboxylic acids is 1. The third-order valence-electron chi connectivity index (χ3n) is 2.50. The molecule has 0 bridgehead atoms. The molecule has 0 aliphatic rings. The Bertz CT molecular complexity index is 599. The number of nitrogen functional groups attached to an aromatic ring is 1. The third kappa shape index (κ3) is 2.60. The smallest absolute Gasteiger partial charge is 0.276 e. The summed E-state index contributed by atoms with van der Waals surface area (Å²) in [6, 6.07) is 8.60. The van der Waals surface area contributed by atoms with Crippen molar-refractivity contribution in [3.05, 3.63) is 52.8 Å². The number of nitrogens with two attached hydrogens (primary N) is 1. The molecule has 1 aromatic heterocycles. The lowest BCUT2D eigenvalue weighted by Gasteiger charge is -2.09. The molecule has 18 heavy (non-hydrogen) atoms. The Labute approximate surface area is 110 Å². The molecule has 1 aromatic carbocycles. The van der Waals surface area contributed by atoms with Crippen LogP contribution >= 0.6 is 11.6 Å². The number of aryl methyl sites for hydroxylation is 1. The van der Waals surface area contributed by atoms with Crippen LogP contribution in [0.1, 0.15) is 16.1 Å². The van der Waals surface area contributed by atoms with E-state index in [2.05, 4.69) is 10.3 Å². The van der Waals surface area contributed by atoms with E-state index in [-0.39, 0.29) is 11.6 Å². The van der Waals surface area contributed by atoms with Crippen LogP contribution in [0.4, 0.5) is 11.4 Å². The number of nitrogens with one attached hydrogen (secondary N) is 1. The van der Waals surface area contributed by atoms with E-state index < -0.39 is 0 Å². The van der Waals surface area contributed by atoms with Crippen LogP contribution in [0.5, 0.6) is 0 Å². The van der Waals surface area contributed by atoms with Crippen LogP contribution in [0.2, 0.25) is 5.02 Å². The molecule has 0 fully saturated rings. The summed E-state index contributed by atoms with van der Waals surface area (Å²) < 4.78 is 0. The molecule has 4 nitrogen and oxygen atoms in total. The molecule has 2 aromatic rings. The van der Waals surface area contributed by atoms with Crippen molar-refractivity contribution in [1.82, 2.24) is 4.98 Å². The lowest BCUT2D eigenvalue weighted by atomic mass is 10.2. The second-order valence-corrected chi connectivity index (χ2v) is 4.29. The van der Waals surface area contributed by atoms with Crippen molar-refractivity contribution in [3.63, 3.8) is 0 Å². The molecule has 0 atom stereocenters. The molecular weight excluding hydrogens is 250 g/mol. The third-order valence-corrected chi connectivity index (χ3v) is 2.74. The largest absolute Gasteiger partial charge is 0.397 e. The molecule has 5 heteroatoms. The van der Waals surface area contributed by atoms with Crippen molar-refractivity contribution < 1.29 is 4.79 Å². The molecule has 92 valence electrons. The second-order valence-electron chi connectivity index (χ2n) is 3.85. The zero-order chi connectivity index (χ0) is 13.1. The van der Waals surface area contributed by atoms with Gasteiger partial charge in [0, 0.05) is 16.9 Å². The second kappa shape index (κ2) is 5.06. The summed E-state index contributed by atoms with van der Waals surface area (Å²) in [6.45, 7) is 1.88. The van der Waals surface area contributed by atoms with Crippen LogP contribution in [-0.4, -0.2) is 10.9 Å². The van der Waals surface area contributed by atoms with Gasteiger partial charge in [-0.2, -0.15) is 0 Å². The zero-order valence-corrected chi connectivity index (χ0v) is 10.5. The van der Waals surface area contributed by atoms with E-state index in [0.29, 0.717) is 16.4 Å². The number of halogens is 1. The molecule has 0 saturated carbocycles. The molecule has 1 amide bonds. The number of benzene rings is 1. The maximum Gasteiger partial charge on any atom is 0.276 e. The van der Waals surface area contributed by atoms with E-state index in [0.717, 1.165) is 5.56 Å². The lowest BCUT2D eigenvalue weighted by Crippen LogP contribution is -2.16. The van der Waals surface area contributed by atoms with Crippen molar-refractivity contribution in [3.8, 4) is 0 Å². The number of aromatic nitrogens is 1. The minimum atomic E-state index is -0.349. The topological polar surface area (TPSA) is 68.0 Å². The fraction of sp³-hybridized carbons (Fsp3) is 0.0769. The Morgan fingerprint density at radius 2 is 2.17 bits per heavy atom. The SMILES string of the molecule is Cc1ccc(Cl)cc1NC(=O)c1ncccc1N. The number of nitrogens with zero attached hydrogens (tertiary/aromatic N) is 1. The van der Waals surface area contributed by atoms with Gasteiger partial charge in [-0.25, -0.2) is 4.98 Å². The van der Waals surface area contributed by atoms with Crippen molar-refractivity contribution in [2.45, 2.75) is 6.92 Å². The van der Waals surface area contributed by atoms with E-state index in [4.69, 9.17) is 17.3 Å². The summed E-state index contributed by atoms with van der Waals surface area (Å²) in [6.07, 6.45) is 1.52. The van der Waals surface area contributed by atoms with Gasteiger partial charge in [0.15, 0.2) is 5.69 Å². The van der Waals surface area contributed by atoms with Gasteiger partial charge in [-0.3, -0.25) is 4.79 Å². The first kappa shape index (κ1) is 12.4. The number of anilines is 2. The number of hydrogen-bond acceptors (Lipinski definition) is 3. The summed E-state index contributed by atoms with van der Waals surface area (Å²) >= 11 is 5.89. The summed E-state index contributed by atoms with van der Waals surface area (Å²) in [7, 11) is 0. The minimum absolute atomic E-state index is 0.205. The highest BCUT2D eigenvalue weighted by molar-refractivity contribution is 6.31. The number of pyridine rings is 1. The van der Waals surface area contributed by atoms with Crippen molar-refractivity contribution >= 4 is 28.9 Å². The highest BCUT2D eigenvalue weighted by Crippen LogP contribution is 2.21. The van der Waals surface area contributed by atoms with Gasteiger partial charge in [-0.1, -0.05) is 17.7 Å². The first-order chi connectivity index (χ1) is 8.58. The van der Waals surface area contributed by atoms with Crippen LogP contribution < -0.4 is 11.1 Å². The summed E-state index contributed by atoms with van der Waals surface area (Å²) in [5, 5.41) is 3.30. The molecule has 0 unspecified atom stereocenters. The van der Waals surface area contributed by atoms with E-state index >= 15 is 0 Å². The van der Waals surface area contributed by atoms with Crippen molar-refractivity contribution in [2.24, 2.45) is 0 Å². The summed E-state index contributed by atoms with van der Waals surface area (Å²) in [5.41, 5.74) is 7.81. The van der Waals surface area contributed by atoms with Crippen molar-refractivity contribution in [2.75, 3.05) is 11.1 Å². The Morgan fingerprint density at radius 1 is 1.39 bits per heavy atom. The highest BCUT2D eigenvalue weighted by atomic mass is 35.5. The standard InChI is InChI=1S/C13H12ClN3O/c1-8-4-5-9(14)7-11(8)17-13(18)12-10(15)3-2-6-16-12/h2-7H,15H2,1H3,(H,17,18). The zero-order valence-electron chi connectivity index (χ0n) is 9.77. The fourth-order valence-electron chi connectivity index (χ4n) is 1.52. The molecule has 2 rings (SSSR count). The van der Waals surface area contributed by atoms with Crippen LogP contribution in [-0.2, 0) is 0 Å². The maximum absolute atomic E-state index is 12.0. The van der Waals surface area contributed by atoms with E-state index in [1.165, 1.54) is 6.20 Å². The Morgan fingerprint density at radius 3 is 2.89 bits per heavy atom. The van der Waals surface area contributed by atoms with E-state index in [1.54, 1.807) is 24.3 Å². The lowest BCUT2D eigenvalue weighted by molar-refractivity contribution is 0.102. The van der Waals surface area contributed by atoms with Gasteiger partial charge in [0.25, 0.3) is 5.91 Å². The Kier molecular flexibility index (Phi) is 3.48. The molecule has 0 aliphatic carbocycles. The van der Waals surface area contributed by atoms with Crippen LogP contribution in [0, 0.1) is 6.92 Å². The number of rotatable bonds is 2. The first-order valence-electron chi connectivity index (χ1n) is 5.36. The minimum Gasteiger partial charge on any atom is -0.397 e. The van der Waals surface area contributed by atoms with Gasteiger partial charge in [0.05, 0.1) is 5.69 Å². The number of carbonyl (C=O) groups is 1.